The average Bonchev–Trinajstić information content (AvgIpc) is 3.30. The van der Waals surface area contributed by atoms with Crippen molar-refractivity contribution in [3.8, 4) is 0 Å². The van der Waals surface area contributed by atoms with Crippen LogP contribution in [0.4, 0.5) is 5.69 Å². The van der Waals surface area contributed by atoms with E-state index in [0.717, 1.165) is 41.2 Å². The highest BCUT2D eigenvalue weighted by atomic mass is 35.5. The van der Waals surface area contributed by atoms with Gasteiger partial charge in [0.2, 0.25) is 5.91 Å². The Bertz CT molecular complexity index is 1180. The fraction of sp³-hybridized carbons (Fsp3) is 0.381. The van der Waals surface area contributed by atoms with Gasteiger partial charge in [0.15, 0.2) is 0 Å². The number of aryl methyl sites for hydroxylation is 2. The van der Waals surface area contributed by atoms with Crippen molar-refractivity contribution in [2.24, 2.45) is 0 Å². The molecule has 1 aliphatic heterocycles. The smallest absolute Gasteiger partial charge is 0.263 e. The van der Waals surface area contributed by atoms with E-state index in [1.165, 1.54) is 15.9 Å². The van der Waals surface area contributed by atoms with E-state index in [0.29, 0.717) is 33.5 Å². The topological polar surface area (TPSA) is 67.2 Å². The summed E-state index contributed by atoms with van der Waals surface area (Å²) in [7, 11) is 0. The number of nitrogens with one attached hydrogen (secondary N) is 1. The van der Waals surface area contributed by atoms with Gasteiger partial charge in [0.1, 0.15) is 17.2 Å². The zero-order valence-corrected chi connectivity index (χ0v) is 19.1. The third-order valence-electron chi connectivity index (χ3n) is 5.44. The van der Waals surface area contributed by atoms with E-state index < -0.39 is 0 Å². The average molecular weight is 465 g/mol. The molecular weight excluding hydrogens is 443 g/mol. The molecule has 1 N–H and O–H groups in total. The highest BCUT2D eigenvalue weighted by molar-refractivity contribution is 7.18. The van der Waals surface area contributed by atoms with E-state index >= 15 is 0 Å². The lowest BCUT2D eigenvalue weighted by molar-refractivity contribution is -0.116. The maximum absolute atomic E-state index is 13.3. The molecule has 0 saturated carbocycles. The Kier molecular flexibility index (Phi) is 6.16. The predicted molar refractivity (Wildman–Crippen MR) is 123 cm³/mol. The van der Waals surface area contributed by atoms with Crippen molar-refractivity contribution in [3.05, 3.63) is 54.9 Å². The van der Waals surface area contributed by atoms with Gasteiger partial charge < -0.3 is 5.32 Å². The van der Waals surface area contributed by atoms with Crippen molar-refractivity contribution < 1.29 is 4.79 Å². The number of thiophene rings is 1. The molecule has 0 bridgehead atoms. The van der Waals surface area contributed by atoms with Gasteiger partial charge >= 0.3 is 0 Å². The monoisotopic (exact) mass is 464 g/mol. The maximum Gasteiger partial charge on any atom is 0.263 e. The van der Waals surface area contributed by atoms with Crippen LogP contribution >= 0.6 is 34.5 Å². The molecule has 1 amide bonds. The first-order valence-electron chi connectivity index (χ1n) is 9.80. The highest BCUT2D eigenvalue weighted by Crippen LogP contribution is 2.27. The van der Waals surface area contributed by atoms with E-state index in [-0.39, 0.29) is 18.0 Å². The largest absolute Gasteiger partial charge is 0.324 e. The lowest BCUT2D eigenvalue weighted by Gasteiger charge is -2.18. The summed E-state index contributed by atoms with van der Waals surface area (Å²) in [6.07, 6.45) is 2.28. The summed E-state index contributed by atoms with van der Waals surface area (Å²) >= 11 is 13.5. The minimum Gasteiger partial charge on any atom is -0.324 e. The van der Waals surface area contributed by atoms with Gasteiger partial charge in [-0.1, -0.05) is 23.2 Å². The number of carbonyl (C=O) groups excluding carboxylic acids is 1. The fourth-order valence-corrected chi connectivity index (χ4v) is 5.05. The highest BCUT2D eigenvalue weighted by Gasteiger charge is 2.21. The van der Waals surface area contributed by atoms with E-state index in [9.17, 15) is 9.59 Å². The number of hydrogen-bond acceptors (Lipinski definition) is 5. The molecule has 3 aromatic rings. The molecule has 30 heavy (non-hydrogen) atoms. The molecule has 2 aromatic heterocycles. The van der Waals surface area contributed by atoms with Crippen LogP contribution in [-0.2, 0) is 17.9 Å². The molecule has 4 rings (SSSR count). The second-order valence-corrected chi connectivity index (χ2v) is 9.56. The molecule has 3 heterocycles. The summed E-state index contributed by atoms with van der Waals surface area (Å²) in [6.45, 7) is 6.32. The molecule has 0 radical (unpaired) electrons. The SMILES string of the molecule is Cc1sc2nc(CN3CCCC3)n(CC(=O)Nc3ccc(Cl)c(Cl)c3)c(=O)c2c1C. The molecule has 1 aliphatic rings. The number of likely N-dealkylation sites (tertiary alicyclic amines) is 1. The number of halogens is 2. The first kappa shape index (κ1) is 21.3. The molecule has 9 heteroatoms. The zero-order chi connectivity index (χ0) is 21.4. The first-order chi connectivity index (χ1) is 14.3. The predicted octanol–water partition coefficient (Wildman–Crippen LogP) is 4.62. The van der Waals surface area contributed by atoms with Crippen LogP contribution in [0, 0.1) is 13.8 Å². The fourth-order valence-electron chi connectivity index (χ4n) is 3.71. The van der Waals surface area contributed by atoms with Gasteiger partial charge in [-0.15, -0.1) is 11.3 Å². The first-order valence-corrected chi connectivity index (χ1v) is 11.4. The third-order valence-corrected chi connectivity index (χ3v) is 7.28. The minimum atomic E-state index is -0.316. The lowest BCUT2D eigenvalue weighted by Crippen LogP contribution is -2.33. The molecule has 158 valence electrons. The van der Waals surface area contributed by atoms with Crippen LogP contribution in [0.3, 0.4) is 0 Å². The standard InChI is InChI=1S/C21H22Cl2N4O2S/c1-12-13(2)30-20-19(12)21(29)27(17(25-20)10-26-7-3-4-8-26)11-18(28)24-14-5-6-15(22)16(23)9-14/h5-6,9H,3-4,7-8,10-11H2,1-2H3,(H,24,28). The number of carbonyl (C=O) groups is 1. The zero-order valence-electron chi connectivity index (χ0n) is 16.8. The molecule has 0 atom stereocenters. The van der Waals surface area contributed by atoms with Gasteiger partial charge in [-0.2, -0.15) is 0 Å². The minimum absolute atomic E-state index is 0.112. The van der Waals surface area contributed by atoms with Gasteiger partial charge in [-0.05, 0) is 63.5 Å². The van der Waals surface area contributed by atoms with Gasteiger partial charge in [-0.25, -0.2) is 4.98 Å². The second-order valence-electron chi connectivity index (χ2n) is 7.54. The van der Waals surface area contributed by atoms with Crippen LogP contribution in [0.2, 0.25) is 10.0 Å². The summed E-state index contributed by atoms with van der Waals surface area (Å²) in [5.41, 5.74) is 1.29. The van der Waals surface area contributed by atoms with E-state index in [1.54, 1.807) is 18.2 Å². The summed E-state index contributed by atoms with van der Waals surface area (Å²) in [4.78, 5) is 35.0. The molecular formula is C21H22Cl2N4O2S. The van der Waals surface area contributed by atoms with Crippen LogP contribution in [-0.4, -0.2) is 33.4 Å². The van der Waals surface area contributed by atoms with E-state index in [1.807, 2.05) is 13.8 Å². The Hall–Kier alpha value is -1.93. The number of benzene rings is 1. The quantitative estimate of drug-likeness (QED) is 0.598. The number of fused-ring (bicyclic) bond motifs is 1. The molecule has 0 aliphatic carbocycles. The normalized spacial score (nSPS) is 14.5. The Labute approximate surface area is 188 Å². The van der Waals surface area contributed by atoms with E-state index in [2.05, 4.69) is 10.2 Å². The van der Waals surface area contributed by atoms with Crippen molar-refractivity contribution in [2.45, 2.75) is 39.8 Å². The van der Waals surface area contributed by atoms with Crippen molar-refractivity contribution in [1.82, 2.24) is 14.5 Å². The summed E-state index contributed by atoms with van der Waals surface area (Å²) in [5, 5.41) is 4.16. The van der Waals surface area contributed by atoms with E-state index in [4.69, 9.17) is 28.2 Å². The molecule has 0 spiro atoms. The van der Waals surface area contributed by atoms with Crippen LogP contribution in [0.25, 0.3) is 10.2 Å². The molecule has 1 fully saturated rings. The molecule has 1 saturated heterocycles. The Morgan fingerprint density at radius 3 is 2.63 bits per heavy atom. The molecule has 1 aromatic carbocycles. The van der Waals surface area contributed by atoms with Crippen LogP contribution in [0.15, 0.2) is 23.0 Å². The van der Waals surface area contributed by atoms with Crippen molar-refractivity contribution in [2.75, 3.05) is 18.4 Å². The number of rotatable bonds is 5. The van der Waals surface area contributed by atoms with Crippen LogP contribution in [0.1, 0.15) is 29.1 Å². The molecule has 6 nitrogen and oxygen atoms in total. The van der Waals surface area contributed by atoms with Crippen LogP contribution < -0.4 is 10.9 Å². The van der Waals surface area contributed by atoms with Gasteiger partial charge in [0.25, 0.3) is 5.56 Å². The number of nitrogens with zero attached hydrogens (tertiary/aromatic N) is 3. The van der Waals surface area contributed by atoms with Crippen molar-refractivity contribution in [1.29, 1.82) is 0 Å². The van der Waals surface area contributed by atoms with Gasteiger partial charge in [0.05, 0.1) is 22.0 Å². The third kappa shape index (κ3) is 4.25. The summed E-state index contributed by atoms with van der Waals surface area (Å²) in [6, 6.07) is 4.88. The Morgan fingerprint density at radius 2 is 1.93 bits per heavy atom. The number of hydrogen-bond donors (Lipinski definition) is 1. The van der Waals surface area contributed by atoms with Crippen LogP contribution in [0.5, 0.6) is 0 Å². The lowest BCUT2D eigenvalue weighted by atomic mass is 10.2. The summed E-state index contributed by atoms with van der Waals surface area (Å²) < 4.78 is 1.51. The second kappa shape index (κ2) is 8.67. The van der Waals surface area contributed by atoms with Crippen molar-refractivity contribution >= 4 is 56.3 Å². The van der Waals surface area contributed by atoms with Gasteiger partial charge in [0, 0.05) is 10.6 Å². The Morgan fingerprint density at radius 1 is 1.20 bits per heavy atom. The maximum atomic E-state index is 13.3. The van der Waals surface area contributed by atoms with Crippen molar-refractivity contribution in [3.63, 3.8) is 0 Å². The number of amides is 1. The molecule has 0 unspecified atom stereocenters. The van der Waals surface area contributed by atoms with Gasteiger partial charge in [-0.3, -0.25) is 19.1 Å². The Balaban J connectivity index is 1.68. The number of aromatic nitrogens is 2. The summed E-state index contributed by atoms with van der Waals surface area (Å²) in [5.74, 6) is 0.309. The number of anilines is 1.